The van der Waals surface area contributed by atoms with Crippen LogP contribution in [-0.4, -0.2) is 11.1 Å². The van der Waals surface area contributed by atoms with Gasteiger partial charge in [-0.1, -0.05) is 0 Å². The molecule has 1 unspecified atom stereocenters. The van der Waals surface area contributed by atoms with Gasteiger partial charge >= 0.3 is 0 Å². The average molecular weight is 164 g/mol. The standard InChI is InChI=1S/C10H16N2/c1-8-5-7-12(9(8)2)10-4-3-6-11-10/h5,7,10-11H,3-4,6H2,1-2H3. The lowest BCUT2D eigenvalue weighted by atomic mass is 10.3. The molecule has 1 N–H and O–H groups in total. The van der Waals surface area contributed by atoms with Crippen LogP contribution in [0.25, 0.3) is 0 Å². The average Bonchev–Trinajstić information content (AvgIpc) is 2.64. The van der Waals surface area contributed by atoms with Gasteiger partial charge in [-0.15, -0.1) is 0 Å². The number of aromatic nitrogens is 1. The van der Waals surface area contributed by atoms with E-state index in [1.165, 1.54) is 30.6 Å². The van der Waals surface area contributed by atoms with Gasteiger partial charge in [-0.3, -0.25) is 5.32 Å². The Balaban J connectivity index is 2.26. The van der Waals surface area contributed by atoms with E-state index >= 15 is 0 Å². The van der Waals surface area contributed by atoms with Gasteiger partial charge in [0, 0.05) is 11.9 Å². The van der Waals surface area contributed by atoms with Crippen molar-refractivity contribution in [3.05, 3.63) is 23.5 Å². The summed E-state index contributed by atoms with van der Waals surface area (Å²) in [6, 6.07) is 2.19. The third-order valence-corrected chi connectivity index (χ3v) is 2.81. The van der Waals surface area contributed by atoms with E-state index in [1.54, 1.807) is 0 Å². The Morgan fingerprint density at radius 1 is 1.50 bits per heavy atom. The fourth-order valence-electron chi connectivity index (χ4n) is 1.87. The molecule has 1 saturated heterocycles. The van der Waals surface area contributed by atoms with Crippen molar-refractivity contribution in [3.63, 3.8) is 0 Å². The van der Waals surface area contributed by atoms with Crippen molar-refractivity contribution in [1.82, 2.24) is 9.88 Å². The highest BCUT2D eigenvalue weighted by molar-refractivity contribution is 5.19. The van der Waals surface area contributed by atoms with Crippen LogP contribution in [0.3, 0.4) is 0 Å². The first-order chi connectivity index (χ1) is 5.79. The number of nitrogens with zero attached hydrogens (tertiary/aromatic N) is 1. The van der Waals surface area contributed by atoms with Crippen LogP contribution in [0.2, 0.25) is 0 Å². The third kappa shape index (κ3) is 1.16. The van der Waals surface area contributed by atoms with Gasteiger partial charge in [-0.25, -0.2) is 0 Å². The smallest absolute Gasteiger partial charge is 0.0836 e. The maximum absolute atomic E-state index is 3.49. The zero-order valence-electron chi connectivity index (χ0n) is 7.80. The Morgan fingerprint density at radius 3 is 2.83 bits per heavy atom. The van der Waals surface area contributed by atoms with E-state index in [9.17, 15) is 0 Å². The van der Waals surface area contributed by atoms with Gasteiger partial charge in [0.25, 0.3) is 0 Å². The van der Waals surface area contributed by atoms with Gasteiger partial charge in [-0.05, 0) is 44.9 Å². The van der Waals surface area contributed by atoms with Crippen molar-refractivity contribution in [2.24, 2.45) is 0 Å². The first-order valence-electron chi connectivity index (χ1n) is 4.66. The molecular formula is C10H16N2. The lowest BCUT2D eigenvalue weighted by Crippen LogP contribution is -2.20. The quantitative estimate of drug-likeness (QED) is 0.671. The molecule has 0 amide bonds. The second-order valence-electron chi connectivity index (χ2n) is 3.60. The predicted octanol–water partition coefficient (Wildman–Crippen LogP) is 1.99. The predicted molar refractivity (Wildman–Crippen MR) is 50.2 cm³/mol. The van der Waals surface area contributed by atoms with Gasteiger partial charge in [0.05, 0.1) is 6.17 Å². The maximum atomic E-state index is 3.49. The van der Waals surface area contributed by atoms with E-state index in [0.29, 0.717) is 6.17 Å². The van der Waals surface area contributed by atoms with Crippen molar-refractivity contribution in [2.45, 2.75) is 32.9 Å². The van der Waals surface area contributed by atoms with E-state index in [0.717, 1.165) is 0 Å². The molecule has 0 saturated carbocycles. The molecule has 1 atom stereocenters. The van der Waals surface area contributed by atoms with Gasteiger partial charge in [0.2, 0.25) is 0 Å². The van der Waals surface area contributed by atoms with E-state index in [2.05, 4.69) is 36.0 Å². The Kier molecular flexibility index (Phi) is 1.93. The van der Waals surface area contributed by atoms with Gasteiger partial charge in [-0.2, -0.15) is 0 Å². The largest absolute Gasteiger partial charge is 0.336 e. The molecule has 0 radical (unpaired) electrons. The summed E-state index contributed by atoms with van der Waals surface area (Å²) in [5, 5.41) is 3.49. The molecule has 1 aromatic rings. The van der Waals surface area contributed by atoms with Crippen LogP contribution in [0.4, 0.5) is 0 Å². The van der Waals surface area contributed by atoms with Crippen LogP contribution < -0.4 is 5.32 Å². The number of aryl methyl sites for hydroxylation is 1. The molecule has 2 nitrogen and oxygen atoms in total. The van der Waals surface area contributed by atoms with E-state index in [-0.39, 0.29) is 0 Å². The lowest BCUT2D eigenvalue weighted by Gasteiger charge is -2.15. The first-order valence-corrected chi connectivity index (χ1v) is 4.66. The minimum atomic E-state index is 0.554. The summed E-state index contributed by atoms with van der Waals surface area (Å²) in [6.07, 6.45) is 5.32. The van der Waals surface area contributed by atoms with Crippen molar-refractivity contribution < 1.29 is 0 Å². The fourth-order valence-corrected chi connectivity index (χ4v) is 1.87. The molecule has 0 aromatic carbocycles. The minimum absolute atomic E-state index is 0.554. The highest BCUT2D eigenvalue weighted by atomic mass is 15.2. The molecule has 2 heteroatoms. The first kappa shape index (κ1) is 7.87. The number of nitrogens with one attached hydrogen (secondary N) is 1. The highest BCUT2D eigenvalue weighted by Gasteiger charge is 2.16. The Hall–Kier alpha value is -0.760. The second-order valence-corrected chi connectivity index (χ2v) is 3.60. The Morgan fingerprint density at radius 2 is 2.33 bits per heavy atom. The summed E-state index contributed by atoms with van der Waals surface area (Å²) in [7, 11) is 0. The molecule has 0 spiro atoms. The molecule has 1 fully saturated rings. The number of hydrogen-bond acceptors (Lipinski definition) is 1. The zero-order valence-corrected chi connectivity index (χ0v) is 7.80. The van der Waals surface area contributed by atoms with Crippen molar-refractivity contribution in [2.75, 3.05) is 6.54 Å². The summed E-state index contributed by atoms with van der Waals surface area (Å²) in [6.45, 7) is 5.53. The molecule has 1 aliphatic rings. The summed E-state index contributed by atoms with van der Waals surface area (Å²) >= 11 is 0. The SMILES string of the molecule is Cc1ccn(C2CCCN2)c1C. The fraction of sp³-hybridized carbons (Fsp3) is 0.600. The molecule has 1 aromatic heterocycles. The van der Waals surface area contributed by atoms with Gasteiger partial charge in [0.15, 0.2) is 0 Å². The molecular weight excluding hydrogens is 148 g/mol. The van der Waals surface area contributed by atoms with Crippen molar-refractivity contribution in [1.29, 1.82) is 0 Å². The van der Waals surface area contributed by atoms with E-state index in [1.807, 2.05) is 0 Å². The van der Waals surface area contributed by atoms with Gasteiger partial charge < -0.3 is 4.57 Å². The lowest BCUT2D eigenvalue weighted by molar-refractivity contribution is 0.462. The molecule has 0 bridgehead atoms. The summed E-state index contributed by atoms with van der Waals surface area (Å²) < 4.78 is 2.35. The zero-order chi connectivity index (χ0) is 8.55. The Labute approximate surface area is 73.6 Å². The second kappa shape index (κ2) is 2.94. The normalized spacial score (nSPS) is 23.3. The molecule has 66 valence electrons. The molecule has 0 aliphatic carbocycles. The highest BCUT2D eigenvalue weighted by Crippen LogP contribution is 2.20. The van der Waals surface area contributed by atoms with Crippen molar-refractivity contribution in [3.8, 4) is 0 Å². The Bertz CT molecular complexity index is 269. The van der Waals surface area contributed by atoms with Gasteiger partial charge in [0.1, 0.15) is 0 Å². The van der Waals surface area contributed by atoms with Crippen LogP contribution in [0.5, 0.6) is 0 Å². The maximum Gasteiger partial charge on any atom is 0.0836 e. The van der Waals surface area contributed by atoms with Crippen LogP contribution in [-0.2, 0) is 0 Å². The summed E-state index contributed by atoms with van der Waals surface area (Å²) in [5.41, 5.74) is 2.79. The topological polar surface area (TPSA) is 17.0 Å². The molecule has 2 heterocycles. The van der Waals surface area contributed by atoms with Crippen LogP contribution in [0.15, 0.2) is 12.3 Å². The molecule has 12 heavy (non-hydrogen) atoms. The van der Waals surface area contributed by atoms with E-state index in [4.69, 9.17) is 0 Å². The van der Waals surface area contributed by atoms with Crippen LogP contribution in [0, 0.1) is 13.8 Å². The minimum Gasteiger partial charge on any atom is -0.336 e. The third-order valence-electron chi connectivity index (χ3n) is 2.81. The number of rotatable bonds is 1. The van der Waals surface area contributed by atoms with Crippen LogP contribution >= 0.6 is 0 Å². The summed E-state index contributed by atoms with van der Waals surface area (Å²) in [5.74, 6) is 0. The molecule has 2 rings (SSSR count). The monoisotopic (exact) mass is 164 g/mol. The van der Waals surface area contributed by atoms with E-state index < -0.39 is 0 Å². The number of hydrogen-bond donors (Lipinski definition) is 1. The summed E-state index contributed by atoms with van der Waals surface area (Å²) in [4.78, 5) is 0. The van der Waals surface area contributed by atoms with Crippen molar-refractivity contribution >= 4 is 0 Å². The molecule has 1 aliphatic heterocycles. The van der Waals surface area contributed by atoms with Crippen LogP contribution in [0.1, 0.15) is 30.3 Å².